The van der Waals surface area contributed by atoms with Crippen LogP contribution in [0.1, 0.15) is 91.9 Å². The van der Waals surface area contributed by atoms with Gasteiger partial charge in [0.25, 0.3) is 0 Å². The molecule has 1 N–H and O–H groups in total. The second-order valence-electron chi connectivity index (χ2n) is 13.8. The van der Waals surface area contributed by atoms with E-state index in [2.05, 4.69) is 27.7 Å². The Balaban J connectivity index is 1.18. The van der Waals surface area contributed by atoms with Gasteiger partial charge in [0.1, 0.15) is 6.61 Å². The molecule has 12 atom stereocenters. The lowest BCUT2D eigenvalue weighted by molar-refractivity contribution is -0.273. The maximum absolute atomic E-state index is 11.0. The average molecular weight is 475 g/mol. The minimum absolute atomic E-state index is 0.133. The Morgan fingerprint density at radius 2 is 1.76 bits per heavy atom. The van der Waals surface area contributed by atoms with E-state index >= 15 is 0 Å². The maximum Gasteiger partial charge on any atom is 0.329 e. The highest BCUT2D eigenvalue weighted by Crippen LogP contribution is 2.71. The Bertz CT molecular complexity index is 804. The molecular formula is C29H46O5. The number of hydrogen-bond acceptors (Lipinski definition) is 4. The fourth-order valence-electron chi connectivity index (χ4n) is 10.6. The highest BCUT2D eigenvalue weighted by Gasteiger charge is 2.69. The largest absolute Gasteiger partial charge is 0.480 e. The number of carboxylic acid groups (broad SMARTS) is 1. The van der Waals surface area contributed by atoms with E-state index in [1.54, 1.807) is 0 Å². The summed E-state index contributed by atoms with van der Waals surface area (Å²) in [5, 5.41) is 9.03. The molecule has 2 aliphatic heterocycles. The number of carbonyl (C=O) groups is 1. The first-order chi connectivity index (χ1) is 16.2. The van der Waals surface area contributed by atoms with Crippen molar-refractivity contribution in [1.29, 1.82) is 0 Å². The molecule has 0 aromatic rings. The lowest BCUT2D eigenvalue weighted by Crippen LogP contribution is -2.55. The molecule has 1 spiro atoms. The van der Waals surface area contributed by atoms with E-state index in [1.807, 2.05) is 0 Å². The van der Waals surface area contributed by atoms with Crippen LogP contribution in [0.2, 0.25) is 0 Å². The van der Waals surface area contributed by atoms with E-state index in [-0.39, 0.29) is 18.5 Å². The van der Waals surface area contributed by atoms with Crippen molar-refractivity contribution in [2.45, 2.75) is 110 Å². The normalized spacial score (nSPS) is 56.4. The second-order valence-corrected chi connectivity index (χ2v) is 13.8. The maximum atomic E-state index is 11.0. The van der Waals surface area contributed by atoms with Gasteiger partial charge in [-0.2, -0.15) is 0 Å². The Labute approximate surface area is 205 Å². The fourth-order valence-corrected chi connectivity index (χ4v) is 10.6. The van der Waals surface area contributed by atoms with Crippen molar-refractivity contribution in [3.05, 3.63) is 0 Å². The number of hydrogen-bond donors (Lipinski definition) is 1. The van der Waals surface area contributed by atoms with Gasteiger partial charge < -0.3 is 19.3 Å². The van der Waals surface area contributed by atoms with E-state index in [0.29, 0.717) is 40.6 Å². The molecule has 2 heterocycles. The molecule has 0 aromatic carbocycles. The zero-order chi connectivity index (χ0) is 23.9. The van der Waals surface area contributed by atoms with E-state index in [9.17, 15) is 4.79 Å². The number of aliphatic carboxylic acids is 1. The molecular weight excluding hydrogens is 428 g/mol. The van der Waals surface area contributed by atoms with Crippen LogP contribution < -0.4 is 0 Å². The number of ether oxygens (including phenoxy) is 3. The second kappa shape index (κ2) is 8.18. The van der Waals surface area contributed by atoms with E-state index in [1.165, 1.54) is 44.9 Å². The summed E-state index contributed by atoms with van der Waals surface area (Å²) in [6, 6.07) is 0. The van der Waals surface area contributed by atoms with Gasteiger partial charge in [-0.15, -0.1) is 0 Å². The molecule has 4 saturated carbocycles. The number of fused-ring (bicyclic) bond motifs is 7. The summed E-state index contributed by atoms with van der Waals surface area (Å²) >= 11 is 0. The van der Waals surface area contributed by atoms with Crippen molar-refractivity contribution < 1.29 is 24.1 Å². The topological polar surface area (TPSA) is 65.0 Å². The van der Waals surface area contributed by atoms with Gasteiger partial charge in [-0.3, -0.25) is 0 Å². The van der Waals surface area contributed by atoms with Crippen LogP contribution >= 0.6 is 0 Å². The third-order valence-electron chi connectivity index (χ3n) is 12.3. The zero-order valence-electron chi connectivity index (χ0n) is 21.8. The molecule has 6 aliphatic rings. The summed E-state index contributed by atoms with van der Waals surface area (Å²) in [6.07, 6.45) is 12.6. The first-order valence-electron chi connectivity index (χ1n) is 14.3. The van der Waals surface area contributed by atoms with Crippen LogP contribution in [0.5, 0.6) is 0 Å². The molecule has 5 heteroatoms. The van der Waals surface area contributed by atoms with Gasteiger partial charge in [-0.1, -0.05) is 27.7 Å². The van der Waals surface area contributed by atoms with Gasteiger partial charge in [-0.05, 0) is 104 Å². The molecule has 5 nitrogen and oxygen atoms in total. The minimum atomic E-state index is -0.846. The van der Waals surface area contributed by atoms with Crippen molar-refractivity contribution in [3.63, 3.8) is 0 Å². The predicted molar refractivity (Wildman–Crippen MR) is 129 cm³/mol. The molecule has 4 aliphatic carbocycles. The van der Waals surface area contributed by atoms with Gasteiger partial charge in [0.2, 0.25) is 0 Å². The zero-order valence-corrected chi connectivity index (χ0v) is 21.8. The lowest BCUT2D eigenvalue weighted by Gasteiger charge is -2.61. The summed E-state index contributed by atoms with van der Waals surface area (Å²) in [4.78, 5) is 11.0. The molecule has 34 heavy (non-hydrogen) atoms. The summed E-state index contributed by atoms with van der Waals surface area (Å²) < 4.78 is 19.2. The van der Waals surface area contributed by atoms with E-state index in [4.69, 9.17) is 19.3 Å². The number of carboxylic acids is 1. The Morgan fingerprint density at radius 1 is 0.971 bits per heavy atom. The molecule has 192 valence electrons. The van der Waals surface area contributed by atoms with E-state index < -0.39 is 5.97 Å². The minimum Gasteiger partial charge on any atom is -0.480 e. The molecule has 6 fully saturated rings. The standard InChI is InChI=1S/C29H46O5/c1-17-7-12-29(33-15-17)18(2)26-24(34-29)14-23-21-6-5-19-13-20(32-16-25(30)31)8-10-27(19,3)22(21)9-11-28(23,26)4/h17-24,26H,5-16H2,1-4H3,(H,30,31)/t17-,18-,19+,20-,21+,22-,23-,24-,26-,27-,28-,29+/m0/s1. The number of rotatable bonds is 3. The summed E-state index contributed by atoms with van der Waals surface area (Å²) in [5.41, 5.74) is 0.771. The highest BCUT2D eigenvalue weighted by atomic mass is 16.7. The van der Waals surface area contributed by atoms with Crippen molar-refractivity contribution in [3.8, 4) is 0 Å². The van der Waals surface area contributed by atoms with Crippen LogP contribution in [0, 0.1) is 52.3 Å². The predicted octanol–water partition coefficient (Wildman–Crippen LogP) is 5.90. The highest BCUT2D eigenvalue weighted by molar-refractivity contribution is 5.68. The summed E-state index contributed by atoms with van der Waals surface area (Å²) in [7, 11) is 0. The molecule has 0 amide bonds. The van der Waals surface area contributed by atoms with Crippen LogP contribution in [0.15, 0.2) is 0 Å². The smallest absolute Gasteiger partial charge is 0.329 e. The van der Waals surface area contributed by atoms with E-state index in [0.717, 1.165) is 43.6 Å². The third kappa shape index (κ3) is 3.39. The van der Waals surface area contributed by atoms with Crippen LogP contribution in [-0.2, 0) is 19.0 Å². The van der Waals surface area contributed by atoms with Gasteiger partial charge in [0.15, 0.2) is 5.79 Å². The Hall–Kier alpha value is -0.650. The van der Waals surface area contributed by atoms with Gasteiger partial charge in [0, 0.05) is 12.3 Å². The third-order valence-corrected chi connectivity index (χ3v) is 12.3. The van der Waals surface area contributed by atoms with Gasteiger partial charge >= 0.3 is 5.97 Å². The first-order valence-corrected chi connectivity index (χ1v) is 14.3. The van der Waals surface area contributed by atoms with Crippen LogP contribution in [0.3, 0.4) is 0 Å². The first kappa shape index (κ1) is 23.7. The molecule has 0 bridgehead atoms. The van der Waals surface area contributed by atoms with Crippen LogP contribution in [0.25, 0.3) is 0 Å². The quantitative estimate of drug-likeness (QED) is 0.551. The fraction of sp³-hybridized carbons (Fsp3) is 0.966. The SMILES string of the molecule is C[C@H]1CC[C@@]2(OC1)O[C@H]1C[C@H]3[C@@H]4CC[C@@H]5C[C@@H](OCC(=O)O)CC[C@]5(C)[C@H]4CC[C@]3(C)[C@H]1[C@@H]2C. The molecule has 0 aromatic heterocycles. The van der Waals surface area contributed by atoms with Crippen LogP contribution in [-0.4, -0.2) is 42.3 Å². The Morgan fingerprint density at radius 3 is 2.50 bits per heavy atom. The lowest BCUT2D eigenvalue weighted by atomic mass is 9.44. The molecule has 2 saturated heterocycles. The van der Waals surface area contributed by atoms with Crippen molar-refractivity contribution in [2.24, 2.45) is 52.3 Å². The monoisotopic (exact) mass is 474 g/mol. The van der Waals surface area contributed by atoms with Crippen molar-refractivity contribution >= 4 is 5.97 Å². The molecule has 6 rings (SSSR count). The summed E-state index contributed by atoms with van der Waals surface area (Å²) in [5.74, 6) is 3.71. The van der Waals surface area contributed by atoms with Crippen LogP contribution in [0.4, 0.5) is 0 Å². The van der Waals surface area contributed by atoms with Gasteiger partial charge in [-0.25, -0.2) is 4.79 Å². The Kier molecular flexibility index (Phi) is 5.71. The summed E-state index contributed by atoms with van der Waals surface area (Å²) in [6.45, 7) is 10.6. The molecule has 0 unspecified atom stereocenters. The average Bonchev–Trinajstić information content (AvgIpc) is 3.24. The van der Waals surface area contributed by atoms with Crippen molar-refractivity contribution in [1.82, 2.24) is 0 Å². The van der Waals surface area contributed by atoms with Crippen molar-refractivity contribution in [2.75, 3.05) is 13.2 Å². The van der Waals surface area contributed by atoms with Gasteiger partial charge in [0.05, 0.1) is 18.8 Å². The molecule has 0 radical (unpaired) electrons.